The summed E-state index contributed by atoms with van der Waals surface area (Å²) in [5, 5.41) is 9.87. The number of para-hydroxylation sites is 1. The Labute approximate surface area is 110 Å². The molecule has 0 heterocycles. The highest BCUT2D eigenvalue weighted by Gasteiger charge is 2.05. The van der Waals surface area contributed by atoms with E-state index in [9.17, 15) is 5.11 Å². The number of anilines is 1. The fraction of sp³-hybridized carbons (Fsp3) is 0.375. The van der Waals surface area contributed by atoms with Gasteiger partial charge in [0.1, 0.15) is 5.75 Å². The fourth-order valence-corrected chi connectivity index (χ4v) is 1.84. The summed E-state index contributed by atoms with van der Waals surface area (Å²) in [5.74, 6) is 0.227. The van der Waals surface area contributed by atoms with E-state index in [2.05, 4.69) is 32.9 Å². The number of allylic oxidation sites excluding steroid dienone is 4. The minimum absolute atomic E-state index is 0.227. The quantitative estimate of drug-likeness (QED) is 0.464. The van der Waals surface area contributed by atoms with E-state index in [1.807, 2.05) is 12.1 Å². The van der Waals surface area contributed by atoms with Gasteiger partial charge in [0.05, 0.1) is 5.69 Å². The van der Waals surface area contributed by atoms with Gasteiger partial charge in [-0.15, -0.1) is 0 Å². The van der Waals surface area contributed by atoms with Crippen LogP contribution in [0.1, 0.15) is 39.2 Å². The molecule has 1 aromatic carbocycles. The van der Waals surface area contributed by atoms with Crippen LogP contribution in [0.4, 0.5) is 5.69 Å². The van der Waals surface area contributed by atoms with Gasteiger partial charge in [-0.25, -0.2) is 0 Å². The summed E-state index contributed by atoms with van der Waals surface area (Å²) in [5.41, 5.74) is 9.71. The molecule has 0 aliphatic rings. The molecule has 1 aromatic rings. The molecule has 2 heteroatoms. The van der Waals surface area contributed by atoms with Crippen LogP contribution in [0.5, 0.6) is 5.75 Å². The second kappa shape index (κ2) is 6.90. The minimum Gasteiger partial charge on any atom is -0.506 e. The lowest BCUT2D eigenvalue weighted by atomic mass is 9.99. The topological polar surface area (TPSA) is 46.2 Å². The molecule has 2 nitrogen and oxygen atoms in total. The number of nitrogen functional groups attached to an aromatic ring is 1. The zero-order valence-electron chi connectivity index (χ0n) is 11.5. The first-order valence-electron chi connectivity index (χ1n) is 6.45. The molecule has 0 aliphatic carbocycles. The highest BCUT2D eigenvalue weighted by Crippen LogP contribution is 2.27. The second-order valence-corrected chi connectivity index (χ2v) is 4.69. The third-order valence-electron chi connectivity index (χ3n) is 3.01. The SMILES string of the molecule is CCC=CC(CCc1cccc(N)c1O)=C(C)C. The molecule has 0 amide bonds. The molecule has 0 spiro atoms. The zero-order valence-corrected chi connectivity index (χ0v) is 11.5. The van der Waals surface area contributed by atoms with Gasteiger partial charge in [-0.3, -0.25) is 0 Å². The van der Waals surface area contributed by atoms with Gasteiger partial charge in [0.25, 0.3) is 0 Å². The van der Waals surface area contributed by atoms with Crippen molar-refractivity contribution in [1.82, 2.24) is 0 Å². The third-order valence-corrected chi connectivity index (χ3v) is 3.01. The van der Waals surface area contributed by atoms with E-state index in [1.54, 1.807) is 6.07 Å². The molecule has 0 unspecified atom stereocenters. The number of hydrogen-bond acceptors (Lipinski definition) is 2. The standard InChI is InChI=1S/C16H23NO/c1-4-5-7-13(12(2)3)10-11-14-8-6-9-15(17)16(14)18/h5-9,18H,4,10-11,17H2,1-3H3. The van der Waals surface area contributed by atoms with Crippen LogP contribution in [0.15, 0.2) is 41.5 Å². The normalized spacial score (nSPS) is 10.8. The predicted octanol–water partition coefficient (Wildman–Crippen LogP) is 4.21. The molecular formula is C16H23NO. The lowest BCUT2D eigenvalue weighted by Crippen LogP contribution is -1.93. The van der Waals surface area contributed by atoms with Crippen LogP contribution in [0.25, 0.3) is 0 Å². The molecule has 1 rings (SSSR count). The molecule has 0 aliphatic heterocycles. The van der Waals surface area contributed by atoms with Crippen molar-refractivity contribution in [2.75, 3.05) is 5.73 Å². The highest BCUT2D eigenvalue weighted by molar-refractivity contribution is 5.55. The number of aryl methyl sites for hydroxylation is 1. The Kier molecular flexibility index (Phi) is 5.50. The minimum atomic E-state index is 0.227. The van der Waals surface area contributed by atoms with E-state index in [-0.39, 0.29) is 5.75 Å². The average Bonchev–Trinajstić information content (AvgIpc) is 2.33. The van der Waals surface area contributed by atoms with Crippen LogP contribution in [0, 0.1) is 0 Å². The summed E-state index contributed by atoms with van der Waals surface area (Å²) in [6.45, 7) is 6.37. The summed E-state index contributed by atoms with van der Waals surface area (Å²) in [6, 6.07) is 5.53. The number of nitrogens with two attached hydrogens (primary N) is 1. The van der Waals surface area contributed by atoms with Gasteiger partial charge in [-0.05, 0) is 50.3 Å². The van der Waals surface area contributed by atoms with Crippen molar-refractivity contribution < 1.29 is 5.11 Å². The number of aromatic hydroxyl groups is 1. The monoisotopic (exact) mass is 245 g/mol. The summed E-state index contributed by atoms with van der Waals surface area (Å²) in [4.78, 5) is 0. The third kappa shape index (κ3) is 3.95. The van der Waals surface area contributed by atoms with E-state index >= 15 is 0 Å². The van der Waals surface area contributed by atoms with Gasteiger partial charge in [0, 0.05) is 0 Å². The average molecular weight is 245 g/mol. The van der Waals surface area contributed by atoms with Crippen molar-refractivity contribution in [3.63, 3.8) is 0 Å². The smallest absolute Gasteiger partial charge is 0.141 e. The molecule has 0 radical (unpaired) electrons. The van der Waals surface area contributed by atoms with E-state index in [0.29, 0.717) is 5.69 Å². The maximum Gasteiger partial charge on any atom is 0.141 e. The van der Waals surface area contributed by atoms with Crippen molar-refractivity contribution in [2.24, 2.45) is 0 Å². The number of phenolic OH excluding ortho intramolecular Hbond substituents is 1. The van der Waals surface area contributed by atoms with Crippen LogP contribution >= 0.6 is 0 Å². The lowest BCUT2D eigenvalue weighted by molar-refractivity contribution is 0.470. The molecule has 0 saturated heterocycles. The van der Waals surface area contributed by atoms with Crippen LogP contribution in [-0.2, 0) is 6.42 Å². The molecule has 0 atom stereocenters. The molecule has 0 saturated carbocycles. The molecule has 3 N–H and O–H groups in total. The van der Waals surface area contributed by atoms with Crippen molar-refractivity contribution in [1.29, 1.82) is 0 Å². The Hall–Kier alpha value is -1.70. The summed E-state index contributed by atoms with van der Waals surface area (Å²) in [7, 11) is 0. The van der Waals surface area contributed by atoms with Crippen LogP contribution < -0.4 is 5.73 Å². The predicted molar refractivity (Wildman–Crippen MR) is 78.6 cm³/mol. The van der Waals surface area contributed by atoms with Crippen LogP contribution in [-0.4, -0.2) is 5.11 Å². The Morgan fingerprint density at radius 2 is 2.06 bits per heavy atom. The van der Waals surface area contributed by atoms with E-state index in [0.717, 1.165) is 24.8 Å². The number of phenols is 1. The van der Waals surface area contributed by atoms with Crippen molar-refractivity contribution in [3.8, 4) is 5.75 Å². The maximum atomic E-state index is 9.87. The van der Waals surface area contributed by atoms with Crippen LogP contribution in [0.3, 0.4) is 0 Å². The number of hydrogen-bond donors (Lipinski definition) is 2. The van der Waals surface area contributed by atoms with Gasteiger partial charge >= 0.3 is 0 Å². The fourth-order valence-electron chi connectivity index (χ4n) is 1.84. The Morgan fingerprint density at radius 1 is 1.33 bits per heavy atom. The zero-order chi connectivity index (χ0) is 13.5. The molecule has 0 bridgehead atoms. The van der Waals surface area contributed by atoms with Gasteiger partial charge in [0.2, 0.25) is 0 Å². The van der Waals surface area contributed by atoms with Crippen molar-refractivity contribution in [2.45, 2.75) is 40.0 Å². The first-order valence-corrected chi connectivity index (χ1v) is 6.45. The molecular weight excluding hydrogens is 222 g/mol. The van der Waals surface area contributed by atoms with Gasteiger partial charge < -0.3 is 10.8 Å². The van der Waals surface area contributed by atoms with Gasteiger partial charge in [0.15, 0.2) is 0 Å². The Bertz CT molecular complexity index is 454. The first-order chi connectivity index (χ1) is 8.56. The molecule has 98 valence electrons. The molecule has 0 fully saturated rings. The second-order valence-electron chi connectivity index (χ2n) is 4.69. The van der Waals surface area contributed by atoms with E-state index in [1.165, 1.54) is 11.1 Å². The number of rotatable bonds is 5. The Morgan fingerprint density at radius 3 is 2.67 bits per heavy atom. The van der Waals surface area contributed by atoms with E-state index < -0.39 is 0 Å². The lowest BCUT2D eigenvalue weighted by Gasteiger charge is -2.09. The van der Waals surface area contributed by atoms with Crippen molar-refractivity contribution >= 4 is 5.69 Å². The summed E-state index contributed by atoms with van der Waals surface area (Å²) in [6.07, 6.45) is 7.13. The molecule has 0 aromatic heterocycles. The first kappa shape index (κ1) is 14.4. The summed E-state index contributed by atoms with van der Waals surface area (Å²) < 4.78 is 0. The van der Waals surface area contributed by atoms with Gasteiger partial charge in [-0.1, -0.05) is 36.8 Å². The van der Waals surface area contributed by atoms with Gasteiger partial charge in [-0.2, -0.15) is 0 Å². The molecule has 18 heavy (non-hydrogen) atoms. The largest absolute Gasteiger partial charge is 0.506 e. The number of benzene rings is 1. The van der Waals surface area contributed by atoms with Crippen LogP contribution in [0.2, 0.25) is 0 Å². The van der Waals surface area contributed by atoms with E-state index in [4.69, 9.17) is 5.73 Å². The maximum absolute atomic E-state index is 9.87. The highest BCUT2D eigenvalue weighted by atomic mass is 16.3. The van der Waals surface area contributed by atoms with Crippen molar-refractivity contribution in [3.05, 3.63) is 47.1 Å². The summed E-state index contributed by atoms with van der Waals surface area (Å²) >= 11 is 0. The Balaban J connectivity index is 2.77.